The Labute approximate surface area is 127 Å². The molecule has 1 aromatic heterocycles. The van der Waals surface area contributed by atoms with Crippen LogP contribution in [-0.2, 0) is 21.3 Å². The van der Waals surface area contributed by atoms with Crippen molar-refractivity contribution in [1.82, 2.24) is 9.62 Å². The number of hydrogen-bond donors (Lipinski definition) is 1. The molecule has 0 saturated heterocycles. The van der Waals surface area contributed by atoms with Crippen LogP contribution in [0.25, 0.3) is 0 Å². The Kier molecular flexibility index (Phi) is 6.86. The molecule has 1 aromatic rings. The lowest BCUT2D eigenvalue weighted by molar-refractivity contribution is 0.142. The minimum Gasteiger partial charge on any atom is -0.464 e. The van der Waals surface area contributed by atoms with Crippen molar-refractivity contribution in [2.75, 3.05) is 26.8 Å². The van der Waals surface area contributed by atoms with Gasteiger partial charge in [-0.2, -0.15) is 4.31 Å². The van der Waals surface area contributed by atoms with Crippen molar-refractivity contribution >= 4 is 10.0 Å². The lowest BCUT2D eigenvalue weighted by atomic mass is 10.4. The number of nitrogens with one attached hydrogen (secondary N) is 1. The molecule has 0 fully saturated rings. The first-order chi connectivity index (χ1) is 9.88. The van der Waals surface area contributed by atoms with E-state index in [0.29, 0.717) is 31.2 Å². The third-order valence-electron chi connectivity index (χ3n) is 3.27. The zero-order chi connectivity index (χ0) is 16.0. The van der Waals surface area contributed by atoms with E-state index < -0.39 is 10.0 Å². The number of nitrogens with zero attached hydrogens (tertiary/aromatic N) is 1. The van der Waals surface area contributed by atoms with Gasteiger partial charge in [-0.25, -0.2) is 8.42 Å². The highest BCUT2D eigenvalue weighted by molar-refractivity contribution is 7.89. The molecule has 6 nitrogen and oxygen atoms in total. The SMILES string of the molecule is CCNCc1cc(S(=O)(=O)N(CC)C(C)COC)c(C)o1. The van der Waals surface area contributed by atoms with Gasteiger partial charge in [0, 0.05) is 25.8 Å². The van der Waals surface area contributed by atoms with Crippen LogP contribution in [-0.4, -0.2) is 45.6 Å². The van der Waals surface area contributed by atoms with Crippen molar-refractivity contribution in [3.63, 3.8) is 0 Å². The van der Waals surface area contributed by atoms with Crippen LogP contribution < -0.4 is 5.32 Å². The second kappa shape index (κ2) is 7.93. The topological polar surface area (TPSA) is 71.8 Å². The summed E-state index contributed by atoms with van der Waals surface area (Å²) in [6, 6.07) is 1.38. The fourth-order valence-electron chi connectivity index (χ4n) is 2.28. The summed E-state index contributed by atoms with van der Waals surface area (Å²) in [7, 11) is -2.01. The molecule has 0 bridgehead atoms. The third-order valence-corrected chi connectivity index (χ3v) is 5.47. The summed E-state index contributed by atoms with van der Waals surface area (Å²) in [5.74, 6) is 1.05. The first-order valence-electron chi connectivity index (χ1n) is 7.19. The van der Waals surface area contributed by atoms with E-state index >= 15 is 0 Å². The molecule has 1 heterocycles. The van der Waals surface area contributed by atoms with E-state index in [1.54, 1.807) is 20.1 Å². The van der Waals surface area contributed by atoms with Gasteiger partial charge in [0.2, 0.25) is 10.0 Å². The van der Waals surface area contributed by atoms with Crippen LogP contribution in [0.5, 0.6) is 0 Å². The molecular weight excluding hydrogens is 292 g/mol. The van der Waals surface area contributed by atoms with Crippen LogP contribution in [0.1, 0.15) is 32.3 Å². The van der Waals surface area contributed by atoms with E-state index in [9.17, 15) is 8.42 Å². The lowest BCUT2D eigenvalue weighted by Crippen LogP contribution is -2.40. The number of rotatable bonds is 9. The number of aryl methyl sites for hydroxylation is 1. The molecule has 0 aliphatic rings. The maximum absolute atomic E-state index is 12.8. The van der Waals surface area contributed by atoms with Gasteiger partial charge in [-0.3, -0.25) is 0 Å². The van der Waals surface area contributed by atoms with Gasteiger partial charge < -0.3 is 14.5 Å². The Morgan fingerprint density at radius 3 is 2.62 bits per heavy atom. The number of sulfonamides is 1. The van der Waals surface area contributed by atoms with Gasteiger partial charge in [0.05, 0.1) is 13.2 Å². The molecule has 1 rings (SSSR count). The van der Waals surface area contributed by atoms with Crippen molar-refractivity contribution in [3.8, 4) is 0 Å². The number of furan rings is 1. The van der Waals surface area contributed by atoms with Crippen LogP contribution in [0.3, 0.4) is 0 Å². The van der Waals surface area contributed by atoms with Gasteiger partial charge in [-0.15, -0.1) is 0 Å². The highest BCUT2D eigenvalue weighted by Crippen LogP contribution is 2.25. The Morgan fingerprint density at radius 2 is 2.10 bits per heavy atom. The largest absolute Gasteiger partial charge is 0.464 e. The summed E-state index contributed by atoms with van der Waals surface area (Å²) >= 11 is 0. The van der Waals surface area contributed by atoms with Crippen molar-refractivity contribution < 1.29 is 17.6 Å². The molecule has 0 saturated carbocycles. The summed E-state index contributed by atoms with van der Waals surface area (Å²) in [4.78, 5) is 0.236. The summed E-state index contributed by atoms with van der Waals surface area (Å²) < 4.78 is 37.6. The van der Waals surface area contributed by atoms with Gasteiger partial charge in [0.25, 0.3) is 0 Å². The highest BCUT2D eigenvalue weighted by atomic mass is 32.2. The molecule has 0 radical (unpaired) electrons. The summed E-state index contributed by atoms with van der Waals surface area (Å²) in [6.07, 6.45) is 0. The first-order valence-corrected chi connectivity index (χ1v) is 8.63. The van der Waals surface area contributed by atoms with Crippen molar-refractivity contribution in [2.45, 2.75) is 45.2 Å². The number of ether oxygens (including phenoxy) is 1. The third kappa shape index (κ3) is 4.29. The van der Waals surface area contributed by atoms with E-state index in [2.05, 4.69) is 5.32 Å². The monoisotopic (exact) mass is 318 g/mol. The number of methoxy groups -OCH3 is 1. The van der Waals surface area contributed by atoms with Crippen molar-refractivity contribution in [2.24, 2.45) is 0 Å². The standard InChI is InChI=1S/C14H26N2O4S/c1-6-15-9-13-8-14(12(4)20-13)21(17,18)16(7-2)11(3)10-19-5/h8,11,15H,6-7,9-10H2,1-5H3. The van der Waals surface area contributed by atoms with Crippen LogP contribution in [0.4, 0.5) is 0 Å². The quantitative estimate of drug-likeness (QED) is 0.751. The predicted molar refractivity (Wildman–Crippen MR) is 81.7 cm³/mol. The maximum atomic E-state index is 12.8. The Balaban J connectivity index is 3.08. The van der Waals surface area contributed by atoms with Crippen LogP contribution >= 0.6 is 0 Å². The first kappa shape index (κ1) is 18.2. The van der Waals surface area contributed by atoms with Gasteiger partial charge in [0.15, 0.2) is 0 Å². The van der Waals surface area contributed by atoms with Gasteiger partial charge in [-0.1, -0.05) is 13.8 Å². The maximum Gasteiger partial charge on any atom is 0.246 e. The molecule has 122 valence electrons. The normalized spacial score (nSPS) is 13.8. The predicted octanol–water partition coefficient (Wildman–Crippen LogP) is 1.74. The molecule has 1 N–H and O–H groups in total. The van der Waals surface area contributed by atoms with Crippen molar-refractivity contribution in [1.29, 1.82) is 0 Å². The molecule has 0 aliphatic carbocycles. The second-order valence-corrected chi connectivity index (χ2v) is 6.79. The Hall–Kier alpha value is -0.890. The number of likely N-dealkylation sites (N-methyl/N-ethyl adjacent to an activating group) is 1. The van der Waals surface area contributed by atoms with Gasteiger partial charge >= 0.3 is 0 Å². The average Bonchev–Trinajstić information content (AvgIpc) is 2.79. The number of hydrogen-bond acceptors (Lipinski definition) is 5. The smallest absolute Gasteiger partial charge is 0.246 e. The molecule has 1 atom stereocenters. The minimum atomic E-state index is -3.58. The molecular formula is C14H26N2O4S. The van der Waals surface area contributed by atoms with E-state index in [1.165, 1.54) is 4.31 Å². The van der Waals surface area contributed by atoms with Crippen LogP contribution in [0.2, 0.25) is 0 Å². The van der Waals surface area contributed by atoms with E-state index in [4.69, 9.17) is 9.15 Å². The van der Waals surface area contributed by atoms with Crippen LogP contribution in [0.15, 0.2) is 15.4 Å². The highest BCUT2D eigenvalue weighted by Gasteiger charge is 2.31. The van der Waals surface area contributed by atoms with E-state index in [1.807, 2.05) is 20.8 Å². The molecule has 1 unspecified atom stereocenters. The summed E-state index contributed by atoms with van der Waals surface area (Å²) in [5.41, 5.74) is 0. The van der Waals surface area contributed by atoms with Crippen LogP contribution in [0, 0.1) is 6.92 Å². The molecule has 21 heavy (non-hydrogen) atoms. The zero-order valence-corrected chi connectivity index (χ0v) is 14.3. The lowest BCUT2D eigenvalue weighted by Gasteiger charge is -2.26. The molecule has 0 aromatic carbocycles. The fourth-order valence-corrected chi connectivity index (χ4v) is 4.10. The molecule has 7 heteroatoms. The summed E-state index contributed by atoms with van der Waals surface area (Å²) in [5, 5.41) is 3.12. The van der Waals surface area contributed by atoms with Gasteiger partial charge in [-0.05, 0) is 20.4 Å². The fraction of sp³-hybridized carbons (Fsp3) is 0.714. The Morgan fingerprint density at radius 1 is 1.43 bits per heavy atom. The van der Waals surface area contributed by atoms with E-state index in [0.717, 1.165) is 6.54 Å². The average molecular weight is 318 g/mol. The molecule has 0 amide bonds. The molecule has 0 aliphatic heterocycles. The molecule has 0 spiro atoms. The second-order valence-electron chi connectivity index (χ2n) is 4.93. The minimum absolute atomic E-state index is 0.225. The van der Waals surface area contributed by atoms with E-state index in [-0.39, 0.29) is 10.9 Å². The van der Waals surface area contributed by atoms with Gasteiger partial charge in [0.1, 0.15) is 16.4 Å². The Bertz CT molecular complexity index is 539. The summed E-state index contributed by atoms with van der Waals surface area (Å²) in [6.45, 7) is 9.38. The van der Waals surface area contributed by atoms with Crippen molar-refractivity contribution in [3.05, 3.63) is 17.6 Å². The zero-order valence-electron chi connectivity index (χ0n) is 13.5.